The van der Waals surface area contributed by atoms with Crippen molar-refractivity contribution in [3.8, 4) is 5.75 Å². The Balaban J connectivity index is 2.07. The molecule has 0 spiro atoms. The molecule has 1 aliphatic carbocycles. The fourth-order valence-electron chi connectivity index (χ4n) is 3.18. The maximum atomic E-state index is 10.1. The second-order valence-electron chi connectivity index (χ2n) is 8.39. The normalized spacial score (nSPS) is 24.4. The molecule has 134 valence electrons. The minimum absolute atomic E-state index is 0.235. The monoisotopic (exact) mass is 348 g/mol. The summed E-state index contributed by atoms with van der Waals surface area (Å²) < 4.78 is 11.7. The van der Waals surface area contributed by atoms with Gasteiger partial charge in [0.1, 0.15) is 5.75 Å². The van der Waals surface area contributed by atoms with Gasteiger partial charge in [-0.25, -0.2) is 0 Å². The molecule has 1 N–H and O–H groups in total. The highest BCUT2D eigenvalue weighted by molar-refractivity contribution is 6.76. The minimum Gasteiger partial charge on any atom is -0.467 e. The van der Waals surface area contributed by atoms with Crippen molar-refractivity contribution in [3.63, 3.8) is 0 Å². The molecule has 0 saturated heterocycles. The molecule has 24 heavy (non-hydrogen) atoms. The number of hydrogen-bond donors (Lipinski definition) is 1. The van der Waals surface area contributed by atoms with Gasteiger partial charge in [-0.15, -0.1) is 0 Å². The van der Waals surface area contributed by atoms with Gasteiger partial charge in [0.05, 0.1) is 6.10 Å². The molecular weight excluding hydrogens is 316 g/mol. The van der Waals surface area contributed by atoms with Crippen molar-refractivity contribution in [1.29, 1.82) is 0 Å². The molecule has 4 heteroatoms. The Morgan fingerprint density at radius 1 is 1.33 bits per heavy atom. The molecule has 3 nitrogen and oxygen atoms in total. The van der Waals surface area contributed by atoms with Gasteiger partial charge < -0.3 is 14.6 Å². The van der Waals surface area contributed by atoms with Crippen LogP contribution in [0.1, 0.15) is 30.9 Å². The van der Waals surface area contributed by atoms with Crippen molar-refractivity contribution in [1.82, 2.24) is 0 Å². The van der Waals surface area contributed by atoms with Gasteiger partial charge in [0.2, 0.25) is 0 Å². The number of hydrogen-bond acceptors (Lipinski definition) is 3. The van der Waals surface area contributed by atoms with Crippen molar-refractivity contribution in [2.24, 2.45) is 0 Å². The number of aryl methyl sites for hydroxylation is 1. The van der Waals surface area contributed by atoms with Crippen LogP contribution in [-0.4, -0.2) is 32.7 Å². The highest BCUT2D eigenvalue weighted by Gasteiger charge is 2.41. The maximum absolute atomic E-state index is 10.1. The summed E-state index contributed by atoms with van der Waals surface area (Å²) in [6.45, 7) is 16.4. The molecule has 0 bridgehead atoms. The predicted molar refractivity (Wildman–Crippen MR) is 103 cm³/mol. The third-order valence-electron chi connectivity index (χ3n) is 5.05. The number of ether oxygens (including phenoxy) is 2. The molecule has 0 radical (unpaired) electrons. The van der Waals surface area contributed by atoms with Crippen LogP contribution in [0.25, 0.3) is 0 Å². The minimum atomic E-state index is -1.08. The zero-order valence-electron chi connectivity index (χ0n) is 15.8. The lowest BCUT2D eigenvalue weighted by atomic mass is 9.77. The summed E-state index contributed by atoms with van der Waals surface area (Å²) in [4.78, 5) is 0. The van der Waals surface area contributed by atoms with E-state index in [1.165, 1.54) is 0 Å². The highest BCUT2D eigenvalue weighted by Crippen LogP contribution is 2.47. The number of aliphatic hydroxyl groups excluding tert-OH is 1. The third kappa shape index (κ3) is 4.50. The fraction of sp³-hybridized carbons (Fsp3) is 0.600. The molecule has 1 aliphatic rings. The standard InChI is InChI=1S/C20H32O3Si/c1-15-7-8-17(20(3)10-9-18(21)16(20)2)19(13-15)23-14-22-11-12-24(4,5)6/h7-8,13,18,21H,2,9-12,14H2,1,3-6H3/t18-,20-/m0/s1. The van der Waals surface area contributed by atoms with Crippen LogP contribution < -0.4 is 4.74 Å². The van der Waals surface area contributed by atoms with Gasteiger partial charge in [-0.3, -0.25) is 0 Å². The molecule has 1 aromatic carbocycles. The molecule has 0 aliphatic heterocycles. The Labute approximate surface area is 147 Å². The van der Waals surface area contributed by atoms with E-state index in [1.807, 2.05) is 0 Å². The van der Waals surface area contributed by atoms with E-state index >= 15 is 0 Å². The van der Waals surface area contributed by atoms with Crippen molar-refractivity contribution >= 4 is 8.07 Å². The smallest absolute Gasteiger partial charge is 0.189 e. The van der Waals surface area contributed by atoms with Crippen molar-refractivity contribution in [2.75, 3.05) is 13.4 Å². The molecule has 0 amide bonds. The molecule has 2 atom stereocenters. The molecule has 0 heterocycles. The first-order chi connectivity index (χ1) is 11.1. The first kappa shape index (κ1) is 19.2. The lowest BCUT2D eigenvalue weighted by Gasteiger charge is -2.29. The average molecular weight is 349 g/mol. The second kappa shape index (κ2) is 7.42. The van der Waals surface area contributed by atoms with Gasteiger partial charge in [0.15, 0.2) is 6.79 Å². The zero-order chi connectivity index (χ0) is 18.0. The summed E-state index contributed by atoms with van der Waals surface area (Å²) in [5.41, 5.74) is 2.91. The highest BCUT2D eigenvalue weighted by atomic mass is 28.3. The van der Waals surface area contributed by atoms with E-state index < -0.39 is 14.2 Å². The van der Waals surface area contributed by atoms with E-state index in [9.17, 15) is 5.11 Å². The van der Waals surface area contributed by atoms with Gasteiger partial charge >= 0.3 is 0 Å². The first-order valence-corrected chi connectivity index (χ1v) is 12.5. The van der Waals surface area contributed by atoms with Crippen molar-refractivity contribution < 1.29 is 14.6 Å². The van der Waals surface area contributed by atoms with E-state index in [1.54, 1.807) is 0 Å². The van der Waals surface area contributed by atoms with Crippen LogP contribution in [0.3, 0.4) is 0 Å². The number of aliphatic hydroxyl groups is 1. The average Bonchev–Trinajstić information content (AvgIpc) is 2.74. The van der Waals surface area contributed by atoms with Crippen molar-refractivity contribution in [3.05, 3.63) is 41.5 Å². The number of rotatable bonds is 7. The quantitative estimate of drug-likeness (QED) is 0.337. The van der Waals surface area contributed by atoms with Crippen LogP contribution in [0.15, 0.2) is 30.4 Å². The van der Waals surface area contributed by atoms with Gasteiger partial charge in [-0.1, -0.05) is 45.3 Å². The largest absolute Gasteiger partial charge is 0.467 e. The van der Waals surface area contributed by atoms with Gasteiger partial charge in [-0.05, 0) is 43.0 Å². The Morgan fingerprint density at radius 2 is 2.04 bits per heavy atom. The third-order valence-corrected chi connectivity index (χ3v) is 6.76. The fourth-order valence-corrected chi connectivity index (χ4v) is 3.94. The van der Waals surface area contributed by atoms with Gasteiger partial charge in [-0.2, -0.15) is 0 Å². The molecule has 0 aromatic heterocycles. The van der Waals surface area contributed by atoms with E-state index in [0.717, 1.165) is 47.9 Å². The van der Waals surface area contributed by atoms with E-state index in [4.69, 9.17) is 9.47 Å². The topological polar surface area (TPSA) is 38.7 Å². The lowest BCUT2D eigenvalue weighted by molar-refractivity contribution is 0.0210. The molecule has 0 unspecified atom stereocenters. The van der Waals surface area contributed by atoms with Crippen LogP contribution in [0, 0.1) is 6.92 Å². The Kier molecular flexibility index (Phi) is 5.94. The lowest BCUT2D eigenvalue weighted by Crippen LogP contribution is -2.24. The van der Waals surface area contributed by atoms with Gasteiger partial charge in [0.25, 0.3) is 0 Å². The molecular formula is C20H32O3Si. The summed E-state index contributed by atoms with van der Waals surface area (Å²) in [7, 11) is -1.08. The van der Waals surface area contributed by atoms with Crippen LogP contribution in [0.4, 0.5) is 0 Å². The SMILES string of the molecule is C=C1[C@@H](O)CC[C@]1(C)c1ccc(C)cc1OCOCC[Si](C)(C)C. The first-order valence-electron chi connectivity index (χ1n) is 8.82. The van der Waals surface area contributed by atoms with E-state index in [0.29, 0.717) is 0 Å². The zero-order valence-corrected chi connectivity index (χ0v) is 16.8. The molecule has 1 saturated carbocycles. The Bertz CT molecular complexity index is 591. The molecule has 1 aromatic rings. The molecule has 2 rings (SSSR count). The van der Waals surface area contributed by atoms with Gasteiger partial charge in [0, 0.05) is 25.7 Å². The van der Waals surface area contributed by atoms with E-state index in [2.05, 4.69) is 58.3 Å². The summed E-state index contributed by atoms with van der Waals surface area (Å²) in [5, 5.41) is 10.1. The number of benzene rings is 1. The van der Waals surface area contributed by atoms with Crippen LogP contribution in [-0.2, 0) is 10.2 Å². The summed E-state index contributed by atoms with van der Waals surface area (Å²) in [6.07, 6.45) is 1.23. The summed E-state index contributed by atoms with van der Waals surface area (Å²) in [6, 6.07) is 7.39. The predicted octanol–water partition coefficient (Wildman–Crippen LogP) is 4.65. The Hall–Kier alpha value is -1.10. The Morgan fingerprint density at radius 3 is 2.62 bits per heavy atom. The summed E-state index contributed by atoms with van der Waals surface area (Å²) >= 11 is 0. The van der Waals surface area contributed by atoms with Crippen LogP contribution in [0.5, 0.6) is 5.75 Å². The van der Waals surface area contributed by atoms with E-state index in [-0.39, 0.29) is 12.2 Å². The summed E-state index contributed by atoms with van der Waals surface area (Å²) in [5.74, 6) is 0.848. The maximum Gasteiger partial charge on any atom is 0.189 e. The van der Waals surface area contributed by atoms with Crippen LogP contribution >= 0.6 is 0 Å². The second-order valence-corrected chi connectivity index (χ2v) is 14.0. The molecule has 1 fully saturated rings. The van der Waals surface area contributed by atoms with Crippen LogP contribution in [0.2, 0.25) is 25.7 Å². The van der Waals surface area contributed by atoms with Crippen molar-refractivity contribution in [2.45, 2.75) is 63.9 Å².